The molecule has 0 spiro atoms. The molecule has 1 heterocycles. The average molecular weight is 299 g/mol. The molecule has 2 aromatic rings. The van der Waals surface area contributed by atoms with Crippen molar-refractivity contribution >= 4 is 40.5 Å². The number of hydrogen-bond acceptors (Lipinski definition) is 3. The summed E-state index contributed by atoms with van der Waals surface area (Å²) < 4.78 is 0. The van der Waals surface area contributed by atoms with E-state index in [1.807, 2.05) is 6.07 Å². The number of benzene rings is 1. The Morgan fingerprint density at radius 2 is 1.89 bits per heavy atom. The molecule has 0 saturated carbocycles. The van der Waals surface area contributed by atoms with E-state index in [0.29, 0.717) is 27.5 Å². The number of halogens is 3. The highest BCUT2D eigenvalue weighted by atomic mass is 35.5. The van der Waals surface area contributed by atoms with Gasteiger partial charge < -0.3 is 5.73 Å². The van der Waals surface area contributed by atoms with Gasteiger partial charge in [-0.3, -0.25) is 4.98 Å². The molecule has 1 aromatic carbocycles. The molecule has 0 unspecified atom stereocenters. The lowest BCUT2D eigenvalue weighted by molar-refractivity contribution is 1.30. The first kappa shape index (κ1) is 13.0. The summed E-state index contributed by atoms with van der Waals surface area (Å²) >= 11 is 17.9. The lowest BCUT2D eigenvalue weighted by Crippen LogP contribution is -1.94. The number of nitrogens with two attached hydrogens (primary N) is 1. The van der Waals surface area contributed by atoms with E-state index >= 15 is 0 Å². The van der Waals surface area contributed by atoms with Crippen LogP contribution in [0.1, 0.15) is 5.56 Å². The Morgan fingerprint density at radius 1 is 1.17 bits per heavy atom. The number of anilines is 1. The third kappa shape index (κ3) is 2.23. The smallest absolute Gasteiger partial charge is 0.102 e. The first-order chi connectivity index (χ1) is 8.54. The van der Waals surface area contributed by atoms with E-state index in [-0.39, 0.29) is 10.0 Å². The summed E-state index contributed by atoms with van der Waals surface area (Å²) in [6.45, 7) is 0. The molecule has 18 heavy (non-hydrogen) atoms. The Balaban J connectivity index is 2.71. The summed E-state index contributed by atoms with van der Waals surface area (Å²) in [4.78, 5) is 4.12. The molecule has 1 aromatic heterocycles. The summed E-state index contributed by atoms with van der Waals surface area (Å²) in [5, 5.41) is 9.91. The zero-order chi connectivity index (χ0) is 13.3. The number of aromatic nitrogens is 1. The first-order valence-corrected chi connectivity index (χ1v) is 5.97. The molecule has 3 nitrogen and oxygen atoms in total. The lowest BCUT2D eigenvalue weighted by Gasteiger charge is -2.08. The van der Waals surface area contributed by atoms with E-state index in [9.17, 15) is 0 Å². The highest BCUT2D eigenvalue weighted by Crippen LogP contribution is 2.38. The third-order valence-corrected chi connectivity index (χ3v) is 3.61. The highest BCUT2D eigenvalue weighted by molar-refractivity contribution is 6.49. The molecule has 0 aliphatic heterocycles. The van der Waals surface area contributed by atoms with Crippen molar-refractivity contribution < 1.29 is 0 Å². The van der Waals surface area contributed by atoms with Gasteiger partial charge in [0, 0.05) is 5.56 Å². The number of hydrogen-bond donors (Lipinski definition) is 1. The summed E-state index contributed by atoms with van der Waals surface area (Å²) in [5.41, 5.74) is 7.29. The minimum Gasteiger partial charge on any atom is -0.397 e. The molecular formula is C12H6Cl3N3. The van der Waals surface area contributed by atoms with Crippen LogP contribution in [-0.4, -0.2) is 4.98 Å². The van der Waals surface area contributed by atoms with Gasteiger partial charge in [0.2, 0.25) is 0 Å². The normalized spacial score (nSPS) is 10.1. The van der Waals surface area contributed by atoms with Crippen molar-refractivity contribution in [2.45, 2.75) is 0 Å². The van der Waals surface area contributed by atoms with Gasteiger partial charge in [0.15, 0.2) is 0 Å². The number of nitrogen functional groups attached to an aromatic ring is 1. The Morgan fingerprint density at radius 3 is 2.56 bits per heavy atom. The standard InChI is InChI=1S/C12H6Cl3N3/c13-9-2-1-8(10(14)11(9)15)12-6(4-16)3-7(17)5-18-12/h1-3,5H,17H2. The molecule has 0 fully saturated rings. The van der Waals surface area contributed by atoms with Crippen molar-refractivity contribution in [2.24, 2.45) is 0 Å². The van der Waals surface area contributed by atoms with Gasteiger partial charge in [0.1, 0.15) is 6.07 Å². The largest absolute Gasteiger partial charge is 0.397 e. The van der Waals surface area contributed by atoms with Gasteiger partial charge in [-0.2, -0.15) is 5.26 Å². The average Bonchev–Trinajstić information content (AvgIpc) is 2.37. The van der Waals surface area contributed by atoms with Crippen LogP contribution >= 0.6 is 34.8 Å². The molecule has 0 atom stereocenters. The number of nitrogens with zero attached hydrogens (tertiary/aromatic N) is 2. The van der Waals surface area contributed by atoms with Crippen LogP contribution in [0, 0.1) is 11.3 Å². The topological polar surface area (TPSA) is 62.7 Å². The van der Waals surface area contributed by atoms with Gasteiger partial charge >= 0.3 is 0 Å². The minimum atomic E-state index is 0.235. The fraction of sp³-hybridized carbons (Fsp3) is 0. The van der Waals surface area contributed by atoms with Crippen molar-refractivity contribution in [3.05, 3.63) is 45.0 Å². The minimum absolute atomic E-state index is 0.235. The zero-order valence-electron chi connectivity index (χ0n) is 8.92. The van der Waals surface area contributed by atoms with Gasteiger partial charge in [-0.25, -0.2) is 0 Å². The van der Waals surface area contributed by atoms with Gasteiger partial charge in [-0.1, -0.05) is 34.8 Å². The Bertz CT molecular complexity index is 662. The van der Waals surface area contributed by atoms with Crippen molar-refractivity contribution in [1.29, 1.82) is 5.26 Å². The van der Waals surface area contributed by atoms with Crippen LogP contribution in [0.25, 0.3) is 11.3 Å². The van der Waals surface area contributed by atoms with E-state index < -0.39 is 0 Å². The molecule has 0 amide bonds. The van der Waals surface area contributed by atoms with Gasteiger partial charge in [-0.05, 0) is 18.2 Å². The van der Waals surface area contributed by atoms with Crippen molar-refractivity contribution in [2.75, 3.05) is 5.73 Å². The van der Waals surface area contributed by atoms with Crippen LogP contribution in [0.3, 0.4) is 0 Å². The maximum absolute atomic E-state index is 9.07. The highest BCUT2D eigenvalue weighted by Gasteiger charge is 2.14. The molecule has 0 bridgehead atoms. The summed E-state index contributed by atoms with van der Waals surface area (Å²) in [7, 11) is 0. The predicted octanol–water partition coefficient (Wildman–Crippen LogP) is 4.16. The van der Waals surface area contributed by atoms with Crippen molar-refractivity contribution in [3.8, 4) is 17.3 Å². The zero-order valence-corrected chi connectivity index (χ0v) is 11.2. The Hall–Kier alpha value is -1.47. The van der Waals surface area contributed by atoms with Crippen LogP contribution in [0.15, 0.2) is 24.4 Å². The first-order valence-electron chi connectivity index (χ1n) is 4.84. The molecule has 90 valence electrons. The van der Waals surface area contributed by atoms with E-state index in [1.54, 1.807) is 12.1 Å². The Kier molecular flexibility index (Phi) is 3.63. The second-order valence-corrected chi connectivity index (χ2v) is 4.66. The summed E-state index contributed by atoms with van der Waals surface area (Å²) in [5.74, 6) is 0. The fourth-order valence-corrected chi connectivity index (χ4v) is 2.11. The fourth-order valence-electron chi connectivity index (χ4n) is 1.49. The monoisotopic (exact) mass is 297 g/mol. The van der Waals surface area contributed by atoms with Crippen LogP contribution in [0.5, 0.6) is 0 Å². The van der Waals surface area contributed by atoms with Crippen molar-refractivity contribution in [3.63, 3.8) is 0 Å². The van der Waals surface area contributed by atoms with E-state index in [4.69, 9.17) is 45.8 Å². The third-order valence-electron chi connectivity index (χ3n) is 2.32. The van der Waals surface area contributed by atoms with Gasteiger partial charge in [0.25, 0.3) is 0 Å². The lowest BCUT2D eigenvalue weighted by atomic mass is 10.1. The van der Waals surface area contributed by atoms with Crippen LogP contribution in [0.2, 0.25) is 15.1 Å². The number of nitriles is 1. The number of pyridine rings is 1. The molecule has 0 radical (unpaired) electrons. The molecule has 0 aliphatic carbocycles. The van der Waals surface area contributed by atoms with Crippen molar-refractivity contribution in [1.82, 2.24) is 4.98 Å². The summed E-state index contributed by atoms with van der Waals surface area (Å²) in [6.07, 6.45) is 1.45. The molecule has 0 saturated heterocycles. The maximum Gasteiger partial charge on any atom is 0.102 e. The molecule has 2 rings (SSSR count). The summed E-state index contributed by atoms with van der Waals surface area (Å²) in [6, 6.07) is 6.81. The van der Waals surface area contributed by atoms with Gasteiger partial charge in [-0.15, -0.1) is 0 Å². The van der Waals surface area contributed by atoms with Crippen LogP contribution in [-0.2, 0) is 0 Å². The molecule has 0 aliphatic rings. The second kappa shape index (κ2) is 5.03. The Labute approximate surface area is 119 Å². The molecule has 2 N–H and O–H groups in total. The SMILES string of the molecule is N#Cc1cc(N)cnc1-c1ccc(Cl)c(Cl)c1Cl. The van der Waals surface area contributed by atoms with E-state index in [2.05, 4.69) is 4.98 Å². The van der Waals surface area contributed by atoms with E-state index in [1.165, 1.54) is 12.3 Å². The van der Waals surface area contributed by atoms with Crippen LogP contribution < -0.4 is 5.73 Å². The number of rotatable bonds is 1. The predicted molar refractivity (Wildman–Crippen MR) is 73.8 cm³/mol. The quantitative estimate of drug-likeness (QED) is 0.804. The molecular weight excluding hydrogens is 293 g/mol. The van der Waals surface area contributed by atoms with Crippen LogP contribution in [0.4, 0.5) is 5.69 Å². The van der Waals surface area contributed by atoms with E-state index in [0.717, 1.165) is 0 Å². The van der Waals surface area contributed by atoms with Gasteiger partial charge in [0.05, 0.1) is 38.2 Å². The maximum atomic E-state index is 9.07. The molecule has 6 heteroatoms. The second-order valence-electron chi connectivity index (χ2n) is 3.50.